The fraction of sp³-hybridized carbons (Fsp3) is 0.385. The summed E-state index contributed by atoms with van der Waals surface area (Å²) in [6.45, 7) is 10.3. The maximum absolute atomic E-state index is 11.9. The summed E-state index contributed by atoms with van der Waals surface area (Å²) in [6.07, 6.45) is -1.67. The largest absolute Gasteiger partial charge is 0.444 e. The number of halogens is 1. The Bertz CT molecular complexity index is 553. The van der Waals surface area contributed by atoms with Crippen LogP contribution in [-0.2, 0) is 4.74 Å². The first-order valence-corrected chi connectivity index (χ1v) is 6.18. The van der Waals surface area contributed by atoms with E-state index in [1.165, 1.54) is 11.0 Å². The van der Waals surface area contributed by atoms with Crippen LogP contribution >= 0.6 is 11.6 Å². The lowest BCUT2D eigenvalue weighted by Gasteiger charge is -2.25. The summed E-state index contributed by atoms with van der Waals surface area (Å²) in [6, 6.07) is 4.22. The average Bonchev–Trinajstić information content (AvgIpc) is 2.64. The Hall–Kier alpha value is -1.77. The van der Waals surface area contributed by atoms with Gasteiger partial charge in [-0.1, -0.05) is 17.7 Å². The van der Waals surface area contributed by atoms with Gasteiger partial charge in [0.15, 0.2) is 0 Å². The molecule has 0 spiro atoms. The Morgan fingerprint density at radius 3 is 2.79 bits per heavy atom. The number of carbonyl (C=O) groups is 1. The van der Waals surface area contributed by atoms with Gasteiger partial charge in [-0.25, -0.2) is 9.64 Å². The minimum absolute atomic E-state index is 0.268. The van der Waals surface area contributed by atoms with E-state index < -0.39 is 24.3 Å². The smallest absolute Gasteiger partial charge is 0.415 e. The van der Waals surface area contributed by atoms with Gasteiger partial charge in [-0.15, -0.1) is 0 Å². The van der Waals surface area contributed by atoms with Crippen LogP contribution in [0.25, 0.3) is 4.85 Å². The topological polar surface area (TPSA) is 54.1 Å². The van der Waals surface area contributed by atoms with Gasteiger partial charge < -0.3 is 9.84 Å². The molecule has 0 aromatic heterocycles. The molecule has 1 aromatic carbocycles. The number of hydrogen-bond acceptors (Lipinski definition) is 3. The summed E-state index contributed by atoms with van der Waals surface area (Å²) < 4.78 is 5.12. The highest BCUT2D eigenvalue weighted by molar-refractivity contribution is 6.33. The number of aliphatic hydroxyl groups excluding tert-OH is 1. The third-order valence-corrected chi connectivity index (χ3v) is 3.39. The zero-order chi connectivity index (χ0) is 14.2. The molecule has 0 unspecified atom stereocenters. The SMILES string of the molecule is [C-]#[N+]c1ccc(N2C(=O)O[C@H](C)[C@@H]2[C@H](C)O)cc1Cl. The molecule has 1 heterocycles. The average molecular weight is 281 g/mol. The summed E-state index contributed by atoms with van der Waals surface area (Å²) in [4.78, 5) is 16.5. The Labute approximate surface area is 116 Å². The van der Waals surface area contributed by atoms with Gasteiger partial charge in [0, 0.05) is 10.7 Å². The number of amides is 1. The molecular formula is C13H13ClN2O3. The molecule has 5 nitrogen and oxygen atoms in total. The van der Waals surface area contributed by atoms with Crippen LogP contribution in [0.1, 0.15) is 13.8 Å². The highest BCUT2D eigenvalue weighted by Gasteiger charge is 2.42. The molecule has 3 atom stereocenters. The van der Waals surface area contributed by atoms with Crippen LogP contribution in [0.4, 0.5) is 16.2 Å². The second-order valence-electron chi connectivity index (χ2n) is 4.44. The van der Waals surface area contributed by atoms with Crippen molar-refractivity contribution in [2.75, 3.05) is 4.90 Å². The van der Waals surface area contributed by atoms with E-state index >= 15 is 0 Å². The van der Waals surface area contributed by atoms with Gasteiger partial charge >= 0.3 is 6.09 Å². The van der Waals surface area contributed by atoms with Gasteiger partial charge in [-0.3, -0.25) is 4.90 Å². The third-order valence-electron chi connectivity index (χ3n) is 3.09. The number of ether oxygens (including phenoxy) is 1. The number of aliphatic hydroxyl groups is 1. The minimum Gasteiger partial charge on any atom is -0.444 e. The van der Waals surface area contributed by atoms with Crippen molar-refractivity contribution in [3.05, 3.63) is 34.6 Å². The second kappa shape index (κ2) is 5.08. The minimum atomic E-state index is -0.735. The van der Waals surface area contributed by atoms with E-state index in [1.54, 1.807) is 26.0 Å². The lowest BCUT2D eigenvalue weighted by Crippen LogP contribution is -2.43. The van der Waals surface area contributed by atoms with Gasteiger partial charge in [0.2, 0.25) is 5.69 Å². The van der Waals surface area contributed by atoms with Crippen molar-refractivity contribution >= 4 is 29.1 Å². The number of anilines is 1. The molecule has 1 aromatic rings. The molecule has 1 aliphatic heterocycles. The first-order valence-electron chi connectivity index (χ1n) is 5.80. The molecule has 0 radical (unpaired) electrons. The molecule has 1 aliphatic rings. The Morgan fingerprint density at radius 1 is 1.58 bits per heavy atom. The Balaban J connectivity index is 2.42. The lowest BCUT2D eigenvalue weighted by molar-refractivity contribution is 0.0994. The number of carbonyl (C=O) groups excluding carboxylic acids is 1. The summed E-state index contributed by atoms with van der Waals surface area (Å²) in [7, 11) is 0. The predicted octanol–water partition coefficient (Wildman–Crippen LogP) is 2.99. The predicted molar refractivity (Wildman–Crippen MR) is 71.6 cm³/mol. The van der Waals surface area contributed by atoms with Crippen LogP contribution in [0.3, 0.4) is 0 Å². The highest BCUT2D eigenvalue weighted by atomic mass is 35.5. The van der Waals surface area contributed by atoms with Crippen LogP contribution in [0, 0.1) is 6.57 Å². The number of nitrogens with zero attached hydrogens (tertiary/aromatic N) is 2. The van der Waals surface area contributed by atoms with Crippen LogP contribution in [-0.4, -0.2) is 29.4 Å². The zero-order valence-electron chi connectivity index (χ0n) is 10.5. The molecule has 0 aliphatic carbocycles. The van der Waals surface area contributed by atoms with E-state index in [9.17, 15) is 9.90 Å². The summed E-state index contributed by atoms with van der Waals surface area (Å²) >= 11 is 5.96. The number of rotatable bonds is 2. The molecule has 19 heavy (non-hydrogen) atoms. The van der Waals surface area contributed by atoms with Gasteiger partial charge in [-0.05, 0) is 26.0 Å². The van der Waals surface area contributed by atoms with Gasteiger partial charge in [0.05, 0.1) is 12.7 Å². The second-order valence-corrected chi connectivity index (χ2v) is 4.84. The van der Waals surface area contributed by atoms with Gasteiger partial charge in [0.1, 0.15) is 12.1 Å². The normalized spacial score (nSPS) is 23.9. The standard InChI is InChI=1S/C13H13ClN2O3/c1-7(17)12-8(2)19-13(18)16(12)9-4-5-11(15-3)10(14)6-9/h4-8,12,17H,1-2H3/t7-,8+,12-/m0/s1. The van der Waals surface area contributed by atoms with E-state index in [-0.39, 0.29) is 5.02 Å². The molecule has 100 valence electrons. The van der Waals surface area contributed by atoms with Crippen molar-refractivity contribution in [2.45, 2.75) is 32.1 Å². The first-order chi connectivity index (χ1) is 8.95. The molecule has 0 saturated carbocycles. The quantitative estimate of drug-likeness (QED) is 0.847. The molecule has 0 bridgehead atoms. The summed E-state index contributed by atoms with van der Waals surface area (Å²) in [5, 5.41) is 10.1. The van der Waals surface area contributed by atoms with Crippen molar-refractivity contribution < 1.29 is 14.6 Å². The third kappa shape index (κ3) is 2.37. The van der Waals surface area contributed by atoms with Crippen LogP contribution in [0.5, 0.6) is 0 Å². The van der Waals surface area contributed by atoms with Crippen molar-refractivity contribution in [2.24, 2.45) is 0 Å². The molecule has 6 heteroatoms. The van der Waals surface area contributed by atoms with Crippen molar-refractivity contribution in [1.82, 2.24) is 0 Å². The van der Waals surface area contributed by atoms with E-state index in [4.69, 9.17) is 22.9 Å². The monoisotopic (exact) mass is 280 g/mol. The van der Waals surface area contributed by atoms with E-state index in [2.05, 4.69) is 4.85 Å². The lowest BCUT2D eigenvalue weighted by atomic mass is 10.1. The zero-order valence-corrected chi connectivity index (χ0v) is 11.3. The fourth-order valence-corrected chi connectivity index (χ4v) is 2.46. The fourth-order valence-electron chi connectivity index (χ4n) is 2.24. The van der Waals surface area contributed by atoms with Gasteiger partial charge in [-0.2, -0.15) is 0 Å². The van der Waals surface area contributed by atoms with E-state index in [0.29, 0.717) is 11.4 Å². The number of cyclic esters (lactones) is 1. The van der Waals surface area contributed by atoms with Crippen molar-refractivity contribution in [1.29, 1.82) is 0 Å². The summed E-state index contributed by atoms with van der Waals surface area (Å²) in [5.41, 5.74) is 0.831. The van der Waals surface area contributed by atoms with Crippen molar-refractivity contribution in [3.8, 4) is 0 Å². The summed E-state index contributed by atoms with van der Waals surface area (Å²) in [5.74, 6) is 0. The van der Waals surface area contributed by atoms with Crippen molar-refractivity contribution in [3.63, 3.8) is 0 Å². The molecular weight excluding hydrogens is 268 g/mol. The maximum Gasteiger partial charge on any atom is 0.415 e. The molecule has 1 fully saturated rings. The maximum atomic E-state index is 11.9. The highest BCUT2D eigenvalue weighted by Crippen LogP contribution is 2.34. The Morgan fingerprint density at radius 2 is 2.26 bits per heavy atom. The van der Waals surface area contributed by atoms with Crippen LogP contribution < -0.4 is 4.90 Å². The molecule has 1 N–H and O–H groups in total. The van der Waals surface area contributed by atoms with Gasteiger partial charge in [0.25, 0.3) is 0 Å². The number of benzene rings is 1. The van der Waals surface area contributed by atoms with Crippen LogP contribution in [0.15, 0.2) is 18.2 Å². The first kappa shape index (κ1) is 13.7. The van der Waals surface area contributed by atoms with E-state index in [0.717, 1.165) is 0 Å². The molecule has 2 rings (SSSR count). The number of hydrogen-bond donors (Lipinski definition) is 1. The molecule has 1 amide bonds. The van der Waals surface area contributed by atoms with E-state index in [1.807, 2.05) is 0 Å². The molecule has 1 saturated heterocycles. The van der Waals surface area contributed by atoms with Crippen LogP contribution in [0.2, 0.25) is 5.02 Å². The Kier molecular flexibility index (Phi) is 3.65.